The van der Waals surface area contributed by atoms with E-state index in [2.05, 4.69) is 23.7 Å². The number of methoxy groups -OCH3 is 1. The van der Waals surface area contributed by atoms with Gasteiger partial charge in [0.1, 0.15) is 5.15 Å². The van der Waals surface area contributed by atoms with Crippen LogP contribution in [0.25, 0.3) is 10.9 Å². The fraction of sp³-hybridized carbons (Fsp3) is 0.588. The second-order valence-corrected chi connectivity index (χ2v) is 7.59. The number of esters is 1. The summed E-state index contributed by atoms with van der Waals surface area (Å²) in [7, 11) is 1.44. The number of hydrogen-bond acceptors (Lipinski definition) is 5. The van der Waals surface area contributed by atoms with Gasteiger partial charge in [0.15, 0.2) is 5.82 Å². The zero-order valence-electron chi connectivity index (χ0n) is 14.7. The van der Waals surface area contributed by atoms with E-state index in [-0.39, 0.29) is 17.9 Å². The smallest absolute Gasteiger partial charge is 0.311 e. The molecule has 7 heteroatoms. The highest BCUT2D eigenvalue weighted by Crippen LogP contribution is 2.40. The van der Waals surface area contributed by atoms with Crippen LogP contribution in [-0.2, 0) is 9.53 Å². The summed E-state index contributed by atoms with van der Waals surface area (Å²) in [5.74, 6) is 0.974. The Hall–Kier alpha value is -1.82. The summed E-state index contributed by atoms with van der Waals surface area (Å²) >= 11 is 6.05. The van der Waals surface area contributed by atoms with Crippen LogP contribution in [0, 0.1) is 11.3 Å². The molecule has 0 aliphatic carbocycles. The zero-order chi connectivity index (χ0) is 17.6. The van der Waals surface area contributed by atoms with Gasteiger partial charge in [-0.3, -0.25) is 9.48 Å². The first-order valence-corrected chi connectivity index (χ1v) is 8.50. The van der Waals surface area contributed by atoms with Crippen LogP contribution in [0.5, 0.6) is 0 Å². The molecular formula is C17H23ClN4O2. The lowest BCUT2D eigenvalue weighted by Crippen LogP contribution is -2.55. The Balaban J connectivity index is 1.89. The predicted molar refractivity (Wildman–Crippen MR) is 94.4 cm³/mol. The summed E-state index contributed by atoms with van der Waals surface area (Å²) in [6.45, 7) is 9.59. The van der Waals surface area contributed by atoms with Crippen molar-refractivity contribution in [2.75, 3.05) is 25.1 Å². The Labute approximate surface area is 146 Å². The standard InChI is InChI=1S/C17H23ClN4O2/c1-10(2)22-13-6-14(18)19-7-12(13)15(20-22)21-8-11(9-21)17(3,4)16(23)24-5/h6-7,10-11H,8-9H2,1-5H3. The average molecular weight is 351 g/mol. The van der Waals surface area contributed by atoms with Crippen LogP contribution in [0.2, 0.25) is 5.15 Å². The van der Waals surface area contributed by atoms with Gasteiger partial charge in [0.25, 0.3) is 0 Å². The van der Waals surface area contributed by atoms with E-state index in [9.17, 15) is 4.79 Å². The van der Waals surface area contributed by atoms with Crippen LogP contribution >= 0.6 is 11.6 Å². The summed E-state index contributed by atoms with van der Waals surface area (Å²) in [6, 6.07) is 2.08. The van der Waals surface area contributed by atoms with Crippen LogP contribution in [-0.4, -0.2) is 40.9 Å². The van der Waals surface area contributed by atoms with Crippen molar-refractivity contribution in [3.05, 3.63) is 17.4 Å². The topological polar surface area (TPSA) is 60.2 Å². The van der Waals surface area contributed by atoms with E-state index in [4.69, 9.17) is 21.4 Å². The Morgan fingerprint density at radius 1 is 1.42 bits per heavy atom. The van der Waals surface area contributed by atoms with Crippen LogP contribution in [0.1, 0.15) is 33.7 Å². The molecule has 24 heavy (non-hydrogen) atoms. The van der Waals surface area contributed by atoms with Gasteiger partial charge in [-0.25, -0.2) is 4.98 Å². The van der Waals surface area contributed by atoms with Gasteiger partial charge in [0.2, 0.25) is 0 Å². The van der Waals surface area contributed by atoms with Crippen LogP contribution in [0.4, 0.5) is 5.82 Å². The number of rotatable bonds is 4. The van der Waals surface area contributed by atoms with Gasteiger partial charge >= 0.3 is 5.97 Å². The van der Waals surface area contributed by atoms with Crippen molar-refractivity contribution in [1.82, 2.24) is 14.8 Å². The number of carbonyl (C=O) groups is 1. The van der Waals surface area contributed by atoms with E-state index in [1.165, 1.54) is 7.11 Å². The van der Waals surface area contributed by atoms with Crippen molar-refractivity contribution in [2.24, 2.45) is 11.3 Å². The van der Waals surface area contributed by atoms with Gasteiger partial charge in [-0.15, -0.1) is 0 Å². The fourth-order valence-corrected chi connectivity index (χ4v) is 3.31. The highest BCUT2D eigenvalue weighted by Gasteiger charge is 2.45. The van der Waals surface area contributed by atoms with Crippen LogP contribution < -0.4 is 4.90 Å². The highest BCUT2D eigenvalue weighted by molar-refractivity contribution is 6.30. The highest BCUT2D eigenvalue weighted by atomic mass is 35.5. The lowest BCUT2D eigenvalue weighted by molar-refractivity contribution is -0.154. The fourth-order valence-electron chi connectivity index (χ4n) is 3.16. The Morgan fingerprint density at radius 2 is 2.08 bits per heavy atom. The average Bonchev–Trinajstić information content (AvgIpc) is 2.83. The summed E-state index contributed by atoms with van der Waals surface area (Å²) in [6.07, 6.45) is 1.78. The Kier molecular flexibility index (Phi) is 4.20. The number of hydrogen-bond donors (Lipinski definition) is 0. The molecule has 0 bridgehead atoms. The molecule has 0 radical (unpaired) electrons. The van der Waals surface area contributed by atoms with Gasteiger partial charge < -0.3 is 9.64 Å². The molecular weight excluding hydrogens is 328 g/mol. The van der Waals surface area contributed by atoms with E-state index < -0.39 is 5.41 Å². The summed E-state index contributed by atoms with van der Waals surface area (Å²) in [4.78, 5) is 18.4. The first-order valence-electron chi connectivity index (χ1n) is 8.12. The maximum Gasteiger partial charge on any atom is 0.311 e. The van der Waals surface area contributed by atoms with E-state index in [0.29, 0.717) is 5.15 Å². The van der Waals surface area contributed by atoms with E-state index >= 15 is 0 Å². The first kappa shape index (κ1) is 17.0. The molecule has 1 aliphatic heterocycles. The number of anilines is 1. The van der Waals surface area contributed by atoms with Crippen molar-refractivity contribution >= 4 is 34.3 Å². The lowest BCUT2D eigenvalue weighted by atomic mass is 9.74. The molecule has 0 saturated carbocycles. The quantitative estimate of drug-likeness (QED) is 0.625. The molecule has 1 aliphatic rings. The molecule has 0 aromatic carbocycles. The summed E-state index contributed by atoms with van der Waals surface area (Å²) < 4.78 is 6.90. The largest absolute Gasteiger partial charge is 0.469 e. The minimum absolute atomic E-state index is 0.168. The molecule has 6 nitrogen and oxygen atoms in total. The monoisotopic (exact) mass is 350 g/mol. The lowest BCUT2D eigenvalue weighted by Gasteiger charge is -2.46. The third kappa shape index (κ3) is 2.62. The molecule has 0 spiro atoms. The molecule has 0 unspecified atom stereocenters. The summed E-state index contributed by atoms with van der Waals surface area (Å²) in [5.41, 5.74) is 0.485. The molecule has 0 atom stereocenters. The predicted octanol–water partition coefficient (Wildman–Crippen LogP) is 3.30. The molecule has 3 heterocycles. The number of carbonyl (C=O) groups excluding carboxylic acids is 1. The SMILES string of the molecule is COC(=O)C(C)(C)C1CN(c2nn(C(C)C)c3cc(Cl)ncc23)C1. The number of pyridine rings is 1. The number of nitrogens with zero attached hydrogens (tertiary/aromatic N) is 4. The second-order valence-electron chi connectivity index (χ2n) is 7.20. The first-order chi connectivity index (χ1) is 11.3. The normalized spacial score (nSPS) is 15.9. The molecule has 2 aromatic heterocycles. The Bertz CT molecular complexity index is 778. The maximum absolute atomic E-state index is 12.0. The van der Waals surface area contributed by atoms with Gasteiger partial charge in [-0.05, 0) is 27.7 Å². The number of ether oxygens (including phenoxy) is 1. The van der Waals surface area contributed by atoms with Crippen LogP contribution in [0.3, 0.4) is 0 Å². The minimum Gasteiger partial charge on any atom is -0.469 e. The van der Waals surface area contributed by atoms with Gasteiger partial charge in [-0.2, -0.15) is 5.10 Å². The number of fused-ring (bicyclic) bond motifs is 1. The second kappa shape index (κ2) is 5.92. The molecule has 1 fully saturated rings. The molecule has 2 aromatic rings. The molecule has 3 rings (SSSR count). The van der Waals surface area contributed by atoms with Crippen molar-refractivity contribution < 1.29 is 9.53 Å². The maximum atomic E-state index is 12.0. The number of aromatic nitrogens is 3. The molecule has 1 saturated heterocycles. The van der Waals surface area contributed by atoms with Crippen molar-refractivity contribution in [3.63, 3.8) is 0 Å². The molecule has 130 valence electrons. The minimum atomic E-state index is -0.497. The zero-order valence-corrected chi connectivity index (χ0v) is 15.5. The van der Waals surface area contributed by atoms with Crippen molar-refractivity contribution in [2.45, 2.75) is 33.7 Å². The van der Waals surface area contributed by atoms with Crippen LogP contribution in [0.15, 0.2) is 12.3 Å². The summed E-state index contributed by atoms with van der Waals surface area (Å²) in [5, 5.41) is 6.21. The molecule has 0 N–H and O–H groups in total. The van der Waals surface area contributed by atoms with Crippen molar-refractivity contribution in [3.8, 4) is 0 Å². The van der Waals surface area contributed by atoms with Crippen molar-refractivity contribution in [1.29, 1.82) is 0 Å². The third-order valence-corrected chi connectivity index (χ3v) is 5.15. The van der Waals surface area contributed by atoms with Gasteiger partial charge in [0, 0.05) is 37.3 Å². The van der Waals surface area contributed by atoms with Gasteiger partial charge in [-0.1, -0.05) is 11.6 Å². The third-order valence-electron chi connectivity index (χ3n) is 4.94. The Morgan fingerprint density at radius 3 is 2.67 bits per heavy atom. The van der Waals surface area contributed by atoms with E-state index in [1.54, 1.807) is 6.20 Å². The molecule has 0 amide bonds. The van der Waals surface area contributed by atoms with E-state index in [1.807, 2.05) is 24.6 Å². The van der Waals surface area contributed by atoms with Gasteiger partial charge in [0.05, 0.1) is 23.4 Å². The van der Waals surface area contributed by atoms with E-state index in [0.717, 1.165) is 29.8 Å². The number of halogens is 1.